The molecule has 2 aromatic carbocycles. The monoisotopic (exact) mass is 498 g/mol. The van der Waals surface area contributed by atoms with Crippen LogP contribution in [0.25, 0.3) is 23.3 Å². The standard InChI is InChI=1S/C27H28N2O4S.Na/c1-18-6-4-5-7-21(18)23-16-19(8-10-20-17-28-14-12-25(20)33-2)9-11-22(23)26(30)29-24(27(31)32)13-15-34-3;/h4-12,14,16-17,24H,13,15H2,1-3H3,(H,29,30)(H,31,32);/q;+1/p-1/t24-;/m0./s1. The quantitative estimate of drug-likeness (QED) is 0.417. The van der Waals surface area contributed by atoms with Gasteiger partial charge in [-0.25, -0.2) is 0 Å². The van der Waals surface area contributed by atoms with Crippen molar-refractivity contribution in [2.75, 3.05) is 19.1 Å². The summed E-state index contributed by atoms with van der Waals surface area (Å²) in [5.41, 5.74) is 4.73. The number of aryl methyl sites for hydroxylation is 1. The van der Waals surface area contributed by atoms with Crippen molar-refractivity contribution in [2.24, 2.45) is 0 Å². The molecule has 0 radical (unpaired) electrons. The van der Waals surface area contributed by atoms with Crippen LogP contribution in [-0.4, -0.2) is 42.0 Å². The minimum absolute atomic E-state index is 0. The molecule has 0 unspecified atom stereocenters. The number of hydrogen-bond acceptors (Lipinski definition) is 6. The van der Waals surface area contributed by atoms with E-state index in [0.717, 1.165) is 27.8 Å². The number of carbonyl (C=O) groups excluding carboxylic acids is 2. The van der Waals surface area contributed by atoms with Gasteiger partial charge in [-0.2, -0.15) is 11.8 Å². The largest absolute Gasteiger partial charge is 1.00 e. The number of aromatic nitrogens is 1. The molecule has 0 aliphatic rings. The van der Waals surface area contributed by atoms with Gasteiger partial charge in [-0.05, 0) is 71.9 Å². The summed E-state index contributed by atoms with van der Waals surface area (Å²) in [4.78, 5) is 28.8. The first-order chi connectivity index (χ1) is 16.4. The summed E-state index contributed by atoms with van der Waals surface area (Å²) >= 11 is 1.52. The number of methoxy groups -OCH3 is 1. The summed E-state index contributed by atoms with van der Waals surface area (Å²) in [6.07, 6.45) is 9.38. The molecule has 176 valence electrons. The third kappa shape index (κ3) is 7.70. The summed E-state index contributed by atoms with van der Waals surface area (Å²) < 4.78 is 5.38. The fourth-order valence-corrected chi connectivity index (χ4v) is 4.04. The number of carboxylic acid groups (broad SMARTS) is 1. The first-order valence-electron chi connectivity index (χ1n) is 10.8. The molecular formula is C27H27N2NaO4S. The van der Waals surface area contributed by atoms with Gasteiger partial charge < -0.3 is 20.0 Å². The molecule has 0 saturated heterocycles. The molecule has 8 heteroatoms. The van der Waals surface area contributed by atoms with Crippen molar-refractivity contribution in [2.45, 2.75) is 19.4 Å². The van der Waals surface area contributed by atoms with Crippen LogP contribution >= 0.6 is 11.8 Å². The number of ether oxygens (including phenoxy) is 1. The summed E-state index contributed by atoms with van der Waals surface area (Å²) in [7, 11) is 1.61. The van der Waals surface area contributed by atoms with Gasteiger partial charge in [0.2, 0.25) is 0 Å². The Morgan fingerprint density at radius 1 is 1.14 bits per heavy atom. The van der Waals surface area contributed by atoms with Crippen molar-refractivity contribution < 1.29 is 49.0 Å². The molecule has 1 atom stereocenters. The third-order valence-corrected chi connectivity index (χ3v) is 6.05. The molecule has 3 aromatic rings. The number of hydrogen-bond donors (Lipinski definition) is 1. The van der Waals surface area contributed by atoms with Crippen LogP contribution in [0.2, 0.25) is 0 Å². The van der Waals surface area contributed by atoms with Crippen LogP contribution < -0.4 is 44.7 Å². The zero-order valence-electron chi connectivity index (χ0n) is 20.4. The third-order valence-electron chi connectivity index (χ3n) is 5.41. The van der Waals surface area contributed by atoms with E-state index in [9.17, 15) is 14.7 Å². The van der Waals surface area contributed by atoms with Crippen molar-refractivity contribution >= 4 is 35.8 Å². The maximum absolute atomic E-state index is 13.2. The molecule has 0 fully saturated rings. The minimum Gasteiger partial charge on any atom is -0.548 e. The van der Waals surface area contributed by atoms with Crippen molar-refractivity contribution in [3.05, 3.63) is 83.2 Å². The molecule has 35 heavy (non-hydrogen) atoms. The molecule has 0 aliphatic heterocycles. The van der Waals surface area contributed by atoms with Gasteiger partial charge in [0.25, 0.3) is 5.91 Å². The maximum atomic E-state index is 13.2. The fourth-order valence-electron chi connectivity index (χ4n) is 3.57. The Bertz CT molecular complexity index is 1200. The number of thioether (sulfide) groups is 1. The molecule has 0 saturated carbocycles. The number of nitrogens with zero attached hydrogens (tertiary/aromatic N) is 1. The average molecular weight is 499 g/mol. The zero-order chi connectivity index (χ0) is 24.5. The van der Waals surface area contributed by atoms with Crippen molar-refractivity contribution in [1.82, 2.24) is 10.3 Å². The Hall–Kier alpha value is -2.58. The van der Waals surface area contributed by atoms with Crippen LogP contribution in [0.15, 0.2) is 60.9 Å². The molecule has 1 aromatic heterocycles. The molecule has 6 nitrogen and oxygen atoms in total. The molecule has 3 rings (SSSR count). The average Bonchev–Trinajstić information content (AvgIpc) is 2.85. The number of rotatable bonds is 10. The van der Waals surface area contributed by atoms with Crippen molar-refractivity contribution in [1.29, 1.82) is 0 Å². The first-order valence-corrected chi connectivity index (χ1v) is 12.2. The number of nitrogens with one attached hydrogen (secondary N) is 1. The van der Waals surface area contributed by atoms with Gasteiger partial charge in [0.15, 0.2) is 0 Å². The number of benzene rings is 2. The van der Waals surface area contributed by atoms with Crippen molar-refractivity contribution in [3.8, 4) is 16.9 Å². The number of carbonyl (C=O) groups is 2. The van der Waals surface area contributed by atoms with E-state index in [4.69, 9.17) is 4.74 Å². The number of pyridine rings is 1. The van der Waals surface area contributed by atoms with Gasteiger partial charge >= 0.3 is 29.6 Å². The Kier molecular flexibility index (Phi) is 11.5. The second kappa shape index (κ2) is 14.1. The first kappa shape index (κ1) is 28.7. The van der Waals surface area contributed by atoms with Crippen LogP contribution in [0.5, 0.6) is 5.75 Å². The van der Waals surface area contributed by atoms with Gasteiger partial charge in [-0.1, -0.05) is 36.4 Å². The van der Waals surface area contributed by atoms with E-state index >= 15 is 0 Å². The van der Waals surface area contributed by atoms with E-state index in [2.05, 4.69) is 10.3 Å². The molecule has 1 N–H and O–H groups in total. The predicted octanol–water partition coefficient (Wildman–Crippen LogP) is 0.841. The number of carboxylic acids is 1. The molecule has 1 amide bonds. The Balaban J connectivity index is 0.00000432. The second-order valence-electron chi connectivity index (χ2n) is 7.70. The SMILES string of the molecule is COc1ccncc1C=Cc1ccc(C(=O)N[C@@H](CCSC)C(=O)[O-])c(-c2ccccc2C)c1.[Na+]. The summed E-state index contributed by atoms with van der Waals surface area (Å²) in [5.74, 6) is -0.423. The van der Waals surface area contributed by atoms with Gasteiger partial charge in [0.1, 0.15) is 5.75 Å². The van der Waals surface area contributed by atoms with Gasteiger partial charge in [-0.15, -0.1) is 0 Å². The van der Waals surface area contributed by atoms with Crippen LogP contribution in [-0.2, 0) is 4.79 Å². The molecule has 0 spiro atoms. The molecule has 0 bridgehead atoms. The Labute approximate surface area is 232 Å². The van der Waals surface area contributed by atoms with E-state index in [1.54, 1.807) is 31.6 Å². The molecular weight excluding hydrogens is 471 g/mol. The smallest absolute Gasteiger partial charge is 0.548 e. The summed E-state index contributed by atoms with van der Waals surface area (Å²) in [6, 6.07) is 14.0. The minimum atomic E-state index is -1.29. The van der Waals surface area contributed by atoms with E-state index < -0.39 is 17.9 Å². The van der Waals surface area contributed by atoms with Crippen molar-refractivity contribution in [3.63, 3.8) is 0 Å². The normalized spacial score (nSPS) is 11.5. The summed E-state index contributed by atoms with van der Waals surface area (Å²) in [5, 5.41) is 14.2. The van der Waals surface area contributed by atoms with Gasteiger partial charge in [-0.3, -0.25) is 9.78 Å². The topological polar surface area (TPSA) is 91.3 Å². The number of aliphatic carboxylic acids is 1. The van der Waals surface area contributed by atoms with Gasteiger partial charge in [0.05, 0.1) is 19.1 Å². The maximum Gasteiger partial charge on any atom is 1.00 e. The van der Waals surface area contributed by atoms with Crippen LogP contribution in [0.4, 0.5) is 0 Å². The van der Waals surface area contributed by atoms with Crippen LogP contribution in [0.1, 0.15) is 33.5 Å². The Morgan fingerprint density at radius 3 is 2.60 bits per heavy atom. The summed E-state index contributed by atoms with van der Waals surface area (Å²) in [6.45, 7) is 1.97. The molecule has 0 aliphatic carbocycles. The fraction of sp³-hybridized carbons (Fsp3) is 0.222. The number of amides is 1. The van der Waals surface area contributed by atoms with E-state index in [1.165, 1.54) is 11.8 Å². The van der Waals surface area contributed by atoms with Gasteiger partial charge in [0, 0.05) is 23.5 Å². The Morgan fingerprint density at radius 2 is 1.91 bits per heavy atom. The molecule has 1 heterocycles. The second-order valence-corrected chi connectivity index (χ2v) is 8.68. The van der Waals surface area contributed by atoms with Crippen LogP contribution in [0.3, 0.4) is 0 Å². The van der Waals surface area contributed by atoms with E-state index in [0.29, 0.717) is 23.5 Å². The predicted molar refractivity (Wildman–Crippen MR) is 136 cm³/mol. The van der Waals surface area contributed by atoms with Crippen LogP contribution in [0, 0.1) is 6.92 Å². The van der Waals surface area contributed by atoms with E-state index in [-0.39, 0.29) is 29.6 Å². The van der Waals surface area contributed by atoms with E-state index in [1.807, 2.05) is 61.7 Å². The zero-order valence-corrected chi connectivity index (χ0v) is 23.2.